The van der Waals surface area contributed by atoms with Crippen LogP contribution in [0.25, 0.3) is 0 Å². The Kier molecular flexibility index (Phi) is 0.886. The summed E-state index contributed by atoms with van der Waals surface area (Å²) in [6.07, 6.45) is 1.86. The van der Waals surface area contributed by atoms with Crippen LogP contribution >= 0.6 is 0 Å². The van der Waals surface area contributed by atoms with Crippen LogP contribution in [0.4, 0.5) is 5.82 Å². The number of hydrogen-bond acceptors (Lipinski definition) is 2. The van der Waals surface area contributed by atoms with E-state index in [-0.39, 0.29) is 0 Å². The summed E-state index contributed by atoms with van der Waals surface area (Å²) in [7, 11) is 0. The predicted molar refractivity (Wildman–Crippen MR) is 34.8 cm³/mol. The lowest BCUT2D eigenvalue weighted by Gasteiger charge is -2.14. The van der Waals surface area contributed by atoms with E-state index in [1.165, 1.54) is 0 Å². The third kappa shape index (κ3) is 0.650. The second kappa shape index (κ2) is 1.69. The maximum absolute atomic E-state index is 5.27. The molecule has 0 radical (unpaired) electrons. The van der Waals surface area contributed by atoms with Gasteiger partial charge in [-0.3, -0.25) is 0 Å². The fourth-order valence-corrected chi connectivity index (χ4v) is 0.951. The molecule has 3 heteroatoms. The third-order valence-corrected chi connectivity index (χ3v) is 1.37. The maximum atomic E-state index is 5.27. The van der Waals surface area contributed by atoms with Gasteiger partial charge in [0.15, 0.2) is 5.75 Å². The third-order valence-electron chi connectivity index (χ3n) is 1.37. The molecule has 1 aromatic heterocycles. The molecule has 1 aromatic rings. The summed E-state index contributed by atoms with van der Waals surface area (Å²) in [6.45, 7) is 1.67. The Morgan fingerprint density at radius 2 is 2.56 bits per heavy atom. The molecule has 48 valence electrons. The van der Waals surface area contributed by atoms with Gasteiger partial charge in [-0.05, 0) is 6.07 Å². The molecular weight excluding hydrogens is 116 g/mol. The molecule has 2 rings (SSSR count). The molecule has 0 saturated heterocycles. The predicted octanol–water partition coefficient (Wildman–Crippen LogP) is 0.819. The zero-order valence-electron chi connectivity index (χ0n) is 4.98. The van der Waals surface area contributed by atoms with Crippen molar-refractivity contribution in [2.45, 2.75) is 0 Å². The van der Waals surface area contributed by atoms with Crippen molar-refractivity contribution in [3.63, 3.8) is 0 Å². The second-order valence-electron chi connectivity index (χ2n) is 1.99. The molecule has 2 heterocycles. The van der Waals surface area contributed by atoms with E-state index in [9.17, 15) is 0 Å². The molecule has 9 heavy (non-hydrogen) atoms. The summed E-state index contributed by atoms with van der Waals surface area (Å²) in [5, 5.41) is 3.16. The van der Waals surface area contributed by atoms with Crippen LogP contribution < -0.4 is 10.1 Å². The molecule has 2 N–H and O–H groups in total. The van der Waals surface area contributed by atoms with Crippen LogP contribution in [0, 0.1) is 0 Å². The molecule has 0 bridgehead atoms. The van der Waals surface area contributed by atoms with Gasteiger partial charge in [-0.25, -0.2) is 0 Å². The van der Waals surface area contributed by atoms with Gasteiger partial charge in [0, 0.05) is 6.20 Å². The van der Waals surface area contributed by atoms with Crippen molar-refractivity contribution in [2.75, 3.05) is 18.5 Å². The average molecular weight is 124 g/mol. The number of nitrogens with one attached hydrogen (secondary N) is 2. The smallest absolute Gasteiger partial charge is 0.161 e. The Hall–Kier alpha value is -1.12. The highest BCUT2D eigenvalue weighted by atomic mass is 16.5. The first-order chi connectivity index (χ1) is 4.47. The number of rotatable bonds is 0. The lowest BCUT2D eigenvalue weighted by Crippen LogP contribution is -2.17. The minimum absolute atomic E-state index is 0.769. The molecule has 0 aliphatic carbocycles. The standard InChI is InChI=1S/C6H8N2O/c1-2-7-6-5(1)9-4-3-8-6/h1-2,7-8H,3-4H2. The van der Waals surface area contributed by atoms with Crippen LogP contribution in [-0.4, -0.2) is 18.1 Å². The highest BCUT2D eigenvalue weighted by Crippen LogP contribution is 2.23. The number of aromatic nitrogens is 1. The highest BCUT2D eigenvalue weighted by Gasteiger charge is 2.07. The first-order valence-electron chi connectivity index (χ1n) is 3.01. The van der Waals surface area contributed by atoms with Crippen LogP contribution in [0.1, 0.15) is 0 Å². The highest BCUT2D eigenvalue weighted by molar-refractivity contribution is 5.51. The molecule has 0 fully saturated rings. The lowest BCUT2D eigenvalue weighted by molar-refractivity contribution is 0.323. The lowest BCUT2D eigenvalue weighted by atomic mass is 10.5. The molecular formula is C6H8N2O. The Bertz CT molecular complexity index is 186. The SMILES string of the molecule is c1cc2c([nH]1)NCCO2. The Morgan fingerprint density at radius 1 is 1.56 bits per heavy atom. The van der Waals surface area contributed by atoms with E-state index < -0.39 is 0 Å². The number of fused-ring (bicyclic) bond motifs is 1. The van der Waals surface area contributed by atoms with Crippen LogP contribution in [0.3, 0.4) is 0 Å². The van der Waals surface area contributed by atoms with Crippen LogP contribution in [0.15, 0.2) is 12.3 Å². The fraction of sp³-hybridized carbons (Fsp3) is 0.333. The van der Waals surface area contributed by atoms with Crippen molar-refractivity contribution < 1.29 is 4.74 Å². The van der Waals surface area contributed by atoms with Crippen molar-refractivity contribution in [3.8, 4) is 5.75 Å². The van der Waals surface area contributed by atoms with E-state index in [1.54, 1.807) is 0 Å². The van der Waals surface area contributed by atoms with E-state index in [2.05, 4.69) is 10.3 Å². The molecule has 1 aliphatic rings. The van der Waals surface area contributed by atoms with E-state index in [0.29, 0.717) is 0 Å². The minimum atomic E-state index is 0.769. The zero-order chi connectivity index (χ0) is 6.10. The van der Waals surface area contributed by atoms with Gasteiger partial charge in [0.25, 0.3) is 0 Å². The van der Waals surface area contributed by atoms with Gasteiger partial charge in [-0.15, -0.1) is 0 Å². The summed E-state index contributed by atoms with van der Waals surface area (Å²) >= 11 is 0. The van der Waals surface area contributed by atoms with Gasteiger partial charge >= 0.3 is 0 Å². The Morgan fingerprint density at radius 3 is 3.44 bits per heavy atom. The second-order valence-corrected chi connectivity index (χ2v) is 1.99. The van der Waals surface area contributed by atoms with Crippen molar-refractivity contribution in [2.24, 2.45) is 0 Å². The van der Waals surface area contributed by atoms with Gasteiger partial charge in [0.05, 0.1) is 6.54 Å². The van der Waals surface area contributed by atoms with E-state index in [4.69, 9.17) is 4.74 Å². The fourth-order valence-electron chi connectivity index (χ4n) is 0.951. The van der Waals surface area contributed by atoms with Gasteiger partial charge in [-0.2, -0.15) is 0 Å². The summed E-state index contributed by atoms with van der Waals surface area (Å²) < 4.78 is 5.27. The van der Waals surface area contributed by atoms with Crippen LogP contribution in [-0.2, 0) is 0 Å². The van der Waals surface area contributed by atoms with E-state index in [1.807, 2.05) is 12.3 Å². The molecule has 0 unspecified atom stereocenters. The maximum Gasteiger partial charge on any atom is 0.161 e. The Labute approximate surface area is 53.0 Å². The van der Waals surface area contributed by atoms with Crippen molar-refractivity contribution in [1.82, 2.24) is 4.98 Å². The van der Waals surface area contributed by atoms with Crippen LogP contribution in [0.2, 0.25) is 0 Å². The van der Waals surface area contributed by atoms with Gasteiger partial charge in [0.2, 0.25) is 0 Å². The molecule has 0 atom stereocenters. The number of anilines is 1. The normalized spacial score (nSPS) is 15.6. The Balaban J connectivity index is 2.39. The van der Waals surface area contributed by atoms with Crippen LogP contribution in [0.5, 0.6) is 5.75 Å². The van der Waals surface area contributed by atoms with Gasteiger partial charge in [0.1, 0.15) is 12.4 Å². The number of ether oxygens (including phenoxy) is 1. The summed E-state index contributed by atoms with van der Waals surface area (Å²) in [4.78, 5) is 3.02. The monoisotopic (exact) mass is 124 g/mol. The molecule has 3 nitrogen and oxygen atoms in total. The zero-order valence-corrected chi connectivity index (χ0v) is 4.98. The summed E-state index contributed by atoms with van der Waals surface area (Å²) in [5.41, 5.74) is 0. The van der Waals surface area contributed by atoms with Gasteiger partial charge in [-0.1, -0.05) is 0 Å². The minimum Gasteiger partial charge on any atom is -0.488 e. The van der Waals surface area contributed by atoms with E-state index >= 15 is 0 Å². The number of aromatic amines is 1. The summed E-state index contributed by atoms with van der Waals surface area (Å²) in [5.74, 6) is 1.93. The average Bonchev–Trinajstić information content (AvgIpc) is 2.33. The van der Waals surface area contributed by atoms with Crippen molar-refractivity contribution in [1.29, 1.82) is 0 Å². The van der Waals surface area contributed by atoms with Crippen molar-refractivity contribution in [3.05, 3.63) is 12.3 Å². The van der Waals surface area contributed by atoms with E-state index in [0.717, 1.165) is 24.7 Å². The first kappa shape index (κ1) is 4.73. The molecule has 0 amide bonds. The quantitative estimate of drug-likeness (QED) is 0.537. The van der Waals surface area contributed by atoms with Crippen molar-refractivity contribution >= 4 is 5.82 Å². The topological polar surface area (TPSA) is 37.0 Å². The summed E-state index contributed by atoms with van der Waals surface area (Å²) in [6, 6.07) is 1.92. The molecule has 0 aromatic carbocycles. The molecule has 0 saturated carbocycles. The largest absolute Gasteiger partial charge is 0.488 e. The molecule has 1 aliphatic heterocycles. The number of hydrogen-bond donors (Lipinski definition) is 2. The van der Waals surface area contributed by atoms with Gasteiger partial charge < -0.3 is 15.0 Å². The number of H-pyrrole nitrogens is 1. The first-order valence-corrected chi connectivity index (χ1v) is 3.01. The molecule has 0 spiro atoms.